The molecule has 168 valence electrons. The van der Waals surface area contributed by atoms with Crippen LogP contribution in [0.15, 0.2) is 48.5 Å². The minimum Gasteiger partial charge on any atom is -0.493 e. The van der Waals surface area contributed by atoms with Gasteiger partial charge in [0.2, 0.25) is 0 Å². The summed E-state index contributed by atoms with van der Waals surface area (Å²) in [5, 5.41) is 3.65. The standard InChI is InChI=1S/C26H36N2O3/c1-26(2,3)18-22(29)25(21-15-14-19-10-6-7-11-20(19)27-21)28(4)16-17-31-24-13-9-8-12-23(24)30-5/h6-13,21,25,27H,14-18H2,1-5H3. The third kappa shape index (κ3) is 6.23. The maximum Gasteiger partial charge on any atom is 0.161 e. The van der Waals surface area contributed by atoms with Crippen molar-refractivity contribution in [1.29, 1.82) is 0 Å². The van der Waals surface area contributed by atoms with Crippen LogP contribution in [0.25, 0.3) is 0 Å². The maximum atomic E-state index is 13.4. The van der Waals surface area contributed by atoms with E-state index >= 15 is 0 Å². The number of rotatable bonds is 9. The molecular formula is C26H36N2O3. The number of nitrogens with one attached hydrogen (secondary N) is 1. The molecule has 0 radical (unpaired) electrons. The number of nitrogens with zero attached hydrogens (tertiary/aromatic N) is 1. The van der Waals surface area contributed by atoms with Gasteiger partial charge in [-0.2, -0.15) is 0 Å². The summed E-state index contributed by atoms with van der Waals surface area (Å²) in [5.74, 6) is 1.72. The first-order valence-corrected chi connectivity index (χ1v) is 11.1. The number of hydrogen-bond donors (Lipinski definition) is 1. The predicted octanol–water partition coefficient (Wildman–Crippen LogP) is 4.81. The molecular weight excluding hydrogens is 388 g/mol. The van der Waals surface area contributed by atoms with Gasteiger partial charge in [-0.25, -0.2) is 0 Å². The minimum atomic E-state index is -0.200. The third-order valence-electron chi connectivity index (χ3n) is 5.74. The van der Waals surface area contributed by atoms with Gasteiger partial charge in [-0.3, -0.25) is 9.69 Å². The molecule has 0 aromatic heterocycles. The van der Waals surface area contributed by atoms with Gasteiger partial charge in [0, 0.05) is 24.7 Å². The van der Waals surface area contributed by atoms with Crippen molar-refractivity contribution in [3.63, 3.8) is 0 Å². The number of methoxy groups -OCH3 is 1. The molecule has 3 rings (SSSR count). The van der Waals surface area contributed by atoms with Gasteiger partial charge in [-0.15, -0.1) is 0 Å². The Morgan fingerprint density at radius 1 is 1.13 bits per heavy atom. The molecule has 5 nitrogen and oxygen atoms in total. The number of aryl methyl sites for hydroxylation is 1. The smallest absolute Gasteiger partial charge is 0.161 e. The number of hydrogen-bond acceptors (Lipinski definition) is 5. The zero-order valence-electron chi connectivity index (χ0n) is 19.5. The highest BCUT2D eigenvalue weighted by Gasteiger charge is 2.35. The fourth-order valence-electron chi connectivity index (χ4n) is 4.28. The van der Waals surface area contributed by atoms with Crippen molar-refractivity contribution in [1.82, 2.24) is 4.90 Å². The van der Waals surface area contributed by atoms with Gasteiger partial charge in [0.25, 0.3) is 0 Å². The van der Waals surface area contributed by atoms with Gasteiger partial charge in [0.05, 0.1) is 13.2 Å². The Hall–Kier alpha value is -2.53. The molecule has 2 aromatic rings. The van der Waals surface area contributed by atoms with Gasteiger partial charge in [0.15, 0.2) is 17.3 Å². The lowest BCUT2D eigenvalue weighted by atomic mass is 9.83. The van der Waals surface area contributed by atoms with Crippen LogP contribution in [0.1, 0.15) is 39.2 Å². The quantitative estimate of drug-likeness (QED) is 0.626. The van der Waals surface area contributed by atoms with Gasteiger partial charge < -0.3 is 14.8 Å². The molecule has 0 aliphatic carbocycles. The summed E-state index contributed by atoms with van der Waals surface area (Å²) in [7, 11) is 3.67. The van der Waals surface area contributed by atoms with E-state index in [1.54, 1.807) is 7.11 Å². The molecule has 2 aromatic carbocycles. The number of ether oxygens (including phenoxy) is 2. The van der Waals surface area contributed by atoms with Gasteiger partial charge in [-0.05, 0) is 49.1 Å². The number of Topliss-reactive ketones (excluding diaryl/α,β-unsaturated/α-hetero) is 1. The summed E-state index contributed by atoms with van der Waals surface area (Å²) < 4.78 is 11.3. The monoisotopic (exact) mass is 424 g/mol. The Kier molecular flexibility index (Phi) is 7.60. The van der Waals surface area contributed by atoms with E-state index in [-0.39, 0.29) is 23.3 Å². The van der Waals surface area contributed by atoms with Crippen molar-refractivity contribution >= 4 is 11.5 Å². The number of likely N-dealkylation sites (N-methyl/N-ethyl adjacent to an activating group) is 1. The Labute approximate surface area is 186 Å². The van der Waals surface area contributed by atoms with Crippen molar-refractivity contribution in [2.45, 2.75) is 52.1 Å². The predicted molar refractivity (Wildman–Crippen MR) is 126 cm³/mol. The second-order valence-corrected chi connectivity index (χ2v) is 9.58. The Bertz CT molecular complexity index is 875. The number of ketones is 1. The van der Waals surface area contributed by atoms with Crippen molar-refractivity contribution in [2.24, 2.45) is 5.41 Å². The molecule has 0 spiro atoms. The molecule has 1 N–H and O–H groups in total. The van der Waals surface area contributed by atoms with Crippen molar-refractivity contribution in [3.05, 3.63) is 54.1 Å². The summed E-state index contributed by atoms with van der Waals surface area (Å²) in [5.41, 5.74) is 2.42. The fourth-order valence-corrected chi connectivity index (χ4v) is 4.28. The van der Waals surface area contributed by atoms with E-state index in [1.807, 2.05) is 37.4 Å². The van der Waals surface area contributed by atoms with Crippen LogP contribution in [0, 0.1) is 5.41 Å². The topological polar surface area (TPSA) is 50.8 Å². The first kappa shape index (κ1) is 23.1. The molecule has 0 saturated carbocycles. The molecule has 0 saturated heterocycles. The van der Waals surface area contributed by atoms with Crippen LogP contribution in [0.5, 0.6) is 11.5 Å². The SMILES string of the molecule is COc1ccccc1OCCN(C)C(C(=O)CC(C)(C)C)C1CCc2ccccc2N1. The average Bonchev–Trinajstić information content (AvgIpc) is 2.73. The number of anilines is 1. The number of benzene rings is 2. The van der Waals surface area contributed by atoms with Crippen LogP contribution in [0.4, 0.5) is 5.69 Å². The second-order valence-electron chi connectivity index (χ2n) is 9.58. The molecule has 1 aliphatic rings. The number of para-hydroxylation sites is 3. The summed E-state index contributed by atoms with van der Waals surface area (Å²) in [4.78, 5) is 15.6. The van der Waals surface area contributed by atoms with Crippen LogP contribution >= 0.6 is 0 Å². The van der Waals surface area contributed by atoms with Crippen molar-refractivity contribution < 1.29 is 14.3 Å². The van der Waals surface area contributed by atoms with Crippen LogP contribution in [0.3, 0.4) is 0 Å². The molecule has 2 unspecified atom stereocenters. The van der Waals surface area contributed by atoms with E-state index in [2.05, 4.69) is 49.2 Å². The highest BCUT2D eigenvalue weighted by atomic mass is 16.5. The average molecular weight is 425 g/mol. The highest BCUT2D eigenvalue weighted by molar-refractivity contribution is 5.86. The first-order chi connectivity index (χ1) is 14.8. The van der Waals surface area contributed by atoms with E-state index in [4.69, 9.17) is 9.47 Å². The Morgan fingerprint density at radius 3 is 2.52 bits per heavy atom. The molecule has 2 atom stereocenters. The number of carbonyl (C=O) groups is 1. The molecule has 0 amide bonds. The Balaban J connectivity index is 1.70. The lowest BCUT2D eigenvalue weighted by Crippen LogP contribution is -2.53. The summed E-state index contributed by atoms with van der Waals surface area (Å²) in [6, 6.07) is 15.9. The number of fused-ring (bicyclic) bond motifs is 1. The van der Waals surface area contributed by atoms with E-state index in [9.17, 15) is 4.79 Å². The summed E-state index contributed by atoms with van der Waals surface area (Å²) in [6.45, 7) is 7.50. The van der Waals surface area contributed by atoms with Gasteiger partial charge >= 0.3 is 0 Å². The molecule has 0 bridgehead atoms. The normalized spacial score (nSPS) is 16.9. The number of carbonyl (C=O) groups excluding carboxylic acids is 1. The van der Waals surface area contributed by atoms with Gasteiger partial charge in [-0.1, -0.05) is 51.1 Å². The van der Waals surface area contributed by atoms with Crippen LogP contribution in [0.2, 0.25) is 0 Å². The molecule has 31 heavy (non-hydrogen) atoms. The zero-order chi connectivity index (χ0) is 22.4. The first-order valence-electron chi connectivity index (χ1n) is 11.1. The summed E-state index contributed by atoms with van der Waals surface area (Å²) >= 11 is 0. The van der Waals surface area contributed by atoms with E-state index in [0.29, 0.717) is 19.6 Å². The Morgan fingerprint density at radius 2 is 1.81 bits per heavy atom. The molecule has 1 aliphatic heterocycles. The highest BCUT2D eigenvalue weighted by Crippen LogP contribution is 2.30. The molecule has 5 heteroatoms. The lowest BCUT2D eigenvalue weighted by Gasteiger charge is -2.38. The summed E-state index contributed by atoms with van der Waals surface area (Å²) in [6.07, 6.45) is 2.48. The van der Waals surface area contributed by atoms with Crippen LogP contribution in [-0.4, -0.2) is 50.1 Å². The largest absolute Gasteiger partial charge is 0.493 e. The van der Waals surface area contributed by atoms with Crippen LogP contribution < -0.4 is 14.8 Å². The van der Waals surface area contributed by atoms with E-state index in [1.165, 1.54) is 5.56 Å². The van der Waals surface area contributed by atoms with Crippen molar-refractivity contribution in [2.75, 3.05) is 32.6 Å². The van der Waals surface area contributed by atoms with Crippen molar-refractivity contribution in [3.8, 4) is 11.5 Å². The zero-order valence-corrected chi connectivity index (χ0v) is 19.5. The minimum absolute atomic E-state index is 0.0450. The maximum absolute atomic E-state index is 13.4. The van der Waals surface area contributed by atoms with E-state index < -0.39 is 0 Å². The van der Waals surface area contributed by atoms with E-state index in [0.717, 1.165) is 30.0 Å². The van der Waals surface area contributed by atoms with Crippen LogP contribution in [-0.2, 0) is 11.2 Å². The molecule has 0 fully saturated rings. The third-order valence-corrected chi connectivity index (χ3v) is 5.74. The van der Waals surface area contributed by atoms with Gasteiger partial charge in [0.1, 0.15) is 6.61 Å². The lowest BCUT2D eigenvalue weighted by molar-refractivity contribution is -0.126. The second kappa shape index (κ2) is 10.2. The fraction of sp³-hybridized carbons (Fsp3) is 0.500. The molecule has 1 heterocycles.